The summed E-state index contributed by atoms with van der Waals surface area (Å²) in [5.74, 6) is 1.36. The van der Waals surface area contributed by atoms with E-state index in [1.807, 2.05) is 49.4 Å². The van der Waals surface area contributed by atoms with E-state index in [0.29, 0.717) is 19.0 Å². The molecule has 2 aromatic rings. The lowest BCUT2D eigenvalue weighted by molar-refractivity contribution is -0.120. The van der Waals surface area contributed by atoms with E-state index in [-0.39, 0.29) is 12.3 Å². The summed E-state index contributed by atoms with van der Waals surface area (Å²) >= 11 is 0. The van der Waals surface area contributed by atoms with Gasteiger partial charge in [-0.1, -0.05) is 30.9 Å². The van der Waals surface area contributed by atoms with Crippen molar-refractivity contribution in [2.75, 3.05) is 46.0 Å². The molecule has 7 heteroatoms. The van der Waals surface area contributed by atoms with Gasteiger partial charge in [0.2, 0.25) is 5.91 Å². The van der Waals surface area contributed by atoms with Gasteiger partial charge in [-0.3, -0.25) is 9.69 Å². The second-order valence-electron chi connectivity index (χ2n) is 7.67. The number of hydrogen-bond acceptors (Lipinski definition) is 6. The summed E-state index contributed by atoms with van der Waals surface area (Å²) in [7, 11) is 0. The minimum atomic E-state index is -0.0793. The average Bonchev–Trinajstić information content (AvgIpc) is 2.84. The molecule has 1 aliphatic heterocycles. The number of benzene rings is 1. The first kappa shape index (κ1) is 24.4. The van der Waals surface area contributed by atoms with Crippen LogP contribution in [0.15, 0.2) is 73.1 Å². The minimum Gasteiger partial charge on any atom is -0.492 e. The number of carbonyl (C=O) groups excluding carboxylic acids is 1. The van der Waals surface area contributed by atoms with Crippen LogP contribution in [0.2, 0.25) is 0 Å². The number of hydrogen-bond donors (Lipinski definition) is 1. The molecule has 1 aliphatic rings. The fourth-order valence-electron chi connectivity index (χ4n) is 3.40. The molecule has 0 radical (unpaired) electrons. The van der Waals surface area contributed by atoms with Crippen LogP contribution in [-0.2, 0) is 16.0 Å². The van der Waals surface area contributed by atoms with E-state index in [9.17, 15) is 4.79 Å². The summed E-state index contributed by atoms with van der Waals surface area (Å²) in [6, 6.07) is 7.75. The van der Waals surface area contributed by atoms with Gasteiger partial charge in [0.1, 0.15) is 12.4 Å². The first-order chi connectivity index (χ1) is 16.2. The van der Waals surface area contributed by atoms with Crippen LogP contribution >= 0.6 is 0 Å². The molecule has 0 spiro atoms. The van der Waals surface area contributed by atoms with Gasteiger partial charge < -0.3 is 14.8 Å². The van der Waals surface area contributed by atoms with Gasteiger partial charge in [0.25, 0.3) is 0 Å². The Morgan fingerprint density at radius 3 is 2.61 bits per heavy atom. The van der Waals surface area contributed by atoms with Gasteiger partial charge >= 0.3 is 0 Å². The van der Waals surface area contributed by atoms with Crippen molar-refractivity contribution < 1.29 is 14.3 Å². The van der Waals surface area contributed by atoms with Crippen molar-refractivity contribution in [3.05, 3.63) is 78.7 Å². The molecule has 33 heavy (non-hydrogen) atoms. The SMILES string of the molecule is C=C/C=C(\C=C/C)CNC(=O)Cc1cnc(-c2ccc(OCCN3CCOCC3)cc2)nc1. The molecular weight excluding hydrogens is 416 g/mol. The van der Waals surface area contributed by atoms with Crippen LogP contribution in [0.3, 0.4) is 0 Å². The van der Waals surface area contributed by atoms with E-state index in [1.165, 1.54) is 0 Å². The lowest BCUT2D eigenvalue weighted by Crippen LogP contribution is -2.38. The fraction of sp³-hybridized carbons (Fsp3) is 0.346. The van der Waals surface area contributed by atoms with Gasteiger partial charge in [-0.05, 0) is 42.3 Å². The van der Waals surface area contributed by atoms with Crippen LogP contribution in [0, 0.1) is 0 Å². The smallest absolute Gasteiger partial charge is 0.224 e. The molecule has 1 amide bonds. The molecule has 3 rings (SSSR count). The Kier molecular flexibility index (Phi) is 9.82. The molecule has 1 N–H and O–H groups in total. The molecular formula is C26H32N4O3. The first-order valence-electron chi connectivity index (χ1n) is 11.2. The number of nitrogens with zero attached hydrogens (tertiary/aromatic N) is 3. The van der Waals surface area contributed by atoms with Crippen molar-refractivity contribution in [2.24, 2.45) is 0 Å². The molecule has 7 nitrogen and oxygen atoms in total. The number of carbonyl (C=O) groups is 1. The third kappa shape index (κ3) is 8.29. The molecule has 0 saturated carbocycles. The normalized spacial score (nSPS) is 14.9. The van der Waals surface area contributed by atoms with Crippen molar-refractivity contribution in [2.45, 2.75) is 13.3 Å². The standard InChI is InChI=1S/C26H32N4O3/c1-3-5-21(6-4-2)18-27-25(31)17-22-19-28-26(29-20-22)23-7-9-24(10-8-23)33-16-13-30-11-14-32-15-12-30/h3-10,19-20H,1,11-18H2,2H3,(H,27,31)/b6-4-,21-5+. The zero-order valence-electron chi connectivity index (χ0n) is 19.2. The molecule has 1 aromatic heterocycles. The largest absolute Gasteiger partial charge is 0.492 e. The number of morpholine rings is 1. The lowest BCUT2D eigenvalue weighted by Gasteiger charge is -2.26. The van der Waals surface area contributed by atoms with Crippen molar-refractivity contribution in [1.29, 1.82) is 0 Å². The van der Waals surface area contributed by atoms with Gasteiger partial charge in [-0.25, -0.2) is 9.97 Å². The summed E-state index contributed by atoms with van der Waals surface area (Å²) in [4.78, 5) is 23.4. The predicted octanol–water partition coefficient (Wildman–Crippen LogP) is 3.20. The Morgan fingerprint density at radius 1 is 1.21 bits per heavy atom. The monoisotopic (exact) mass is 448 g/mol. The third-order valence-electron chi connectivity index (χ3n) is 5.16. The maximum atomic E-state index is 12.2. The maximum Gasteiger partial charge on any atom is 0.224 e. The Labute approximate surface area is 195 Å². The molecule has 0 atom stereocenters. The molecule has 0 bridgehead atoms. The molecule has 174 valence electrons. The van der Waals surface area contributed by atoms with Crippen LogP contribution in [0.25, 0.3) is 11.4 Å². The highest BCUT2D eigenvalue weighted by molar-refractivity contribution is 5.78. The van der Waals surface area contributed by atoms with Crippen molar-refractivity contribution >= 4 is 5.91 Å². The summed E-state index contributed by atoms with van der Waals surface area (Å²) in [6.45, 7) is 11.1. The van der Waals surface area contributed by atoms with Gasteiger partial charge in [0.05, 0.1) is 19.6 Å². The summed E-state index contributed by atoms with van der Waals surface area (Å²) in [5, 5.41) is 2.91. The lowest BCUT2D eigenvalue weighted by atomic mass is 10.2. The maximum absolute atomic E-state index is 12.2. The number of amides is 1. The second kappa shape index (κ2) is 13.3. The molecule has 1 saturated heterocycles. The Bertz CT molecular complexity index is 947. The van der Waals surface area contributed by atoms with Gasteiger partial charge in [0.15, 0.2) is 5.82 Å². The minimum absolute atomic E-state index is 0.0793. The summed E-state index contributed by atoms with van der Waals surface area (Å²) in [5.41, 5.74) is 2.65. The van der Waals surface area contributed by atoms with Crippen molar-refractivity contribution in [1.82, 2.24) is 20.2 Å². The summed E-state index contributed by atoms with van der Waals surface area (Å²) < 4.78 is 11.2. The molecule has 2 heterocycles. The predicted molar refractivity (Wildman–Crippen MR) is 130 cm³/mol. The van der Waals surface area contributed by atoms with Crippen molar-refractivity contribution in [3.63, 3.8) is 0 Å². The Hall–Kier alpha value is -3.29. The zero-order valence-corrected chi connectivity index (χ0v) is 19.2. The van der Waals surface area contributed by atoms with Crippen LogP contribution in [0.5, 0.6) is 5.75 Å². The third-order valence-corrected chi connectivity index (χ3v) is 5.16. The van der Waals surface area contributed by atoms with E-state index in [2.05, 4.69) is 26.8 Å². The van der Waals surface area contributed by atoms with Crippen LogP contribution in [0.4, 0.5) is 0 Å². The van der Waals surface area contributed by atoms with Crippen LogP contribution in [-0.4, -0.2) is 66.8 Å². The Morgan fingerprint density at radius 2 is 1.94 bits per heavy atom. The molecule has 1 aromatic carbocycles. The molecule has 0 unspecified atom stereocenters. The second-order valence-corrected chi connectivity index (χ2v) is 7.67. The highest BCUT2D eigenvalue weighted by atomic mass is 16.5. The molecule has 0 aliphatic carbocycles. The number of rotatable bonds is 11. The van der Waals surface area contributed by atoms with Gasteiger partial charge in [0, 0.05) is 44.1 Å². The fourth-order valence-corrected chi connectivity index (χ4v) is 3.40. The first-order valence-corrected chi connectivity index (χ1v) is 11.2. The highest BCUT2D eigenvalue weighted by Gasteiger charge is 2.10. The number of ether oxygens (including phenoxy) is 2. The number of allylic oxidation sites excluding steroid dienone is 3. The summed E-state index contributed by atoms with van der Waals surface area (Å²) in [6.07, 6.45) is 11.1. The van der Waals surface area contributed by atoms with Gasteiger partial charge in [-0.2, -0.15) is 0 Å². The van der Waals surface area contributed by atoms with E-state index in [1.54, 1.807) is 18.5 Å². The molecule has 1 fully saturated rings. The van der Waals surface area contributed by atoms with E-state index in [0.717, 1.165) is 55.3 Å². The Balaban J connectivity index is 1.46. The van der Waals surface area contributed by atoms with Crippen molar-refractivity contribution in [3.8, 4) is 17.1 Å². The topological polar surface area (TPSA) is 76.6 Å². The quantitative estimate of drug-likeness (QED) is 0.532. The number of nitrogens with one attached hydrogen (secondary N) is 1. The zero-order chi connectivity index (χ0) is 23.3. The number of aromatic nitrogens is 2. The van der Waals surface area contributed by atoms with Crippen LogP contribution in [0.1, 0.15) is 12.5 Å². The van der Waals surface area contributed by atoms with E-state index < -0.39 is 0 Å². The highest BCUT2D eigenvalue weighted by Crippen LogP contribution is 2.19. The van der Waals surface area contributed by atoms with E-state index in [4.69, 9.17) is 9.47 Å². The average molecular weight is 449 g/mol. The van der Waals surface area contributed by atoms with E-state index >= 15 is 0 Å². The van der Waals surface area contributed by atoms with Gasteiger partial charge in [-0.15, -0.1) is 0 Å². The van der Waals surface area contributed by atoms with Crippen LogP contribution < -0.4 is 10.1 Å².